The summed E-state index contributed by atoms with van der Waals surface area (Å²) >= 11 is 6.42. The summed E-state index contributed by atoms with van der Waals surface area (Å²) in [5.41, 5.74) is 2.18. The number of rotatable bonds is 9. The number of nitrogens with zero attached hydrogens (tertiary/aromatic N) is 2. The average molecular weight is 477 g/mol. The largest absolute Gasteiger partial charge is 0.491 e. The van der Waals surface area contributed by atoms with Crippen LogP contribution >= 0.6 is 11.6 Å². The van der Waals surface area contributed by atoms with Crippen LogP contribution < -0.4 is 14.8 Å². The number of H-pyrrole nitrogens is 1. The number of imidazole rings is 1. The van der Waals surface area contributed by atoms with Gasteiger partial charge in [-0.2, -0.15) is 4.98 Å². The second-order valence-corrected chi connectivity index (χ2v) is 8.30. The van der Waals surface area contributed by atoms with Crippen LogP contribution in [0.4, 0.5) is 5.82 Å². The van der Waals surface area contributed by atoms with Gasteiger partial charge in [-0.15, -0.1) is 0 Å². The lowest BCUT2D eigenvalue weighted by molar-refractivity contribution is 0.00706. The van der Waals surface area contributed by atoms with Crippen molar-refractivity contribution in [3.05, 3.63) is 40.9 Å². The Morgan fingerprint density at radius 3 is 2.79 bits per heavy atom. The molecule has 11 heteroatoms. The molecule has 2 unspecified atom stereocenters. The molecule has 5 rings (SSSR count). The number of methoxy groups -OCH3 is 1. The maximum absolute atomic E-state index is 9.88. The maximum Gasteiger partial charge on any atom is 0.296 e. The summed E-state index contributed by atoms with van der Waals surface area (Å²) in [6, 6.07) is 9.82. The molecule has 0 saturated carbocycles. The van der Waals surface area contributed by atoms with Gasteiger partial charge in [0.25, 0.3) is 6.01 Å². The van der Waals surface area contributed by atoms with E-state index in [2.05, 4.69) is 20.3 Å². The summed E-state index contributed by atoms with van der Waals surface area (Å²) in [7, 11) is 1.64. The van der Waals surface area contributed by atoms with Crippen molar-refractivity contribution in [2.24, 2.45) is 0 Å². The smallest absolute Gasteiger partial charge is 0.296 e. The molecule has 2 fully saturated rings. The van der Waals surface area contributed by atoms with Gasteiger partial charge < -0.3 is 39.1 Å². The van der Waals surface area contributed by atoms with E-state index in [0.717, 1.165) is 11.3 Å². The average Bonchev–Trinajstić information content (AvgIpc) is 3.50. The van der Waals surface area contributed by atoms with Gasteiger partial charge in [0.1, 0.15) is 36.5 Å². The Hall–Kier alpha value is -2.63. The normalized spacial score (nSPS) is 24.2. The fraction of sp³-hybridized carbons (Fsp3) is 0.455. The lowest BCUT2D eigenvalue weighted by Crippen LogP contribution is -2.34. The van der Waals surface area contributed by atoms with Crippen LogP contribution in [0.3, 0.4) is 0 Å². The van der Waals surface area contributed by atoms with Gasteiger partial charge in [-0.25, -0.2) is 4.98 Å². The molecule has 3 aromatic rings. The molecule has 2 aliphatic heterocycles. The van der Waals surface area contributed by atoms with Crippen molar-refractivity contribution >= 4 is 28.6 Å². The van der Waals surface area contributed by atoms with E-state index in [0.29, 0.717) is 54.4 Å². The van der Waals surface area contributed by atoms with Crippen molar-refractivity contribution in [2.45, 2.75) is 31.0 Å². The van der Waals surface area contributed by atoms with Crippen molar-refractivity contribution in [3.8, 4) is 11.8 Å². The van der Waals surface area contributed by atoms with Gasteiger partial charge in [-0.3, -0.25) is 0 Å². The van der Waals surface area contributed by atoms with Gasteiger partial charge in [-0.05, 0) is 23.8 Å². The Bertz CT molecular complexity index is 1090. The van der Waals surface area contributed by atoms with Crippen LogP contribution in [0.25, 0.3) is 11.2 Å². The topological polar surface area (TPSA) is 120 Å². The number of fused-ring (bicyclic) bond motifs is 2. The van der Waals surface area contributed by atoms with Crippen LogP contribution in [-0.4, -0.2) is 78.0 Å². The van der Waals surface area contributed by atoms with E-state index >= 15 is 0 Å². The van der Waals surface area contributed by atoms with Crippen LogP contribution in [0, 0.1) is 0 Å². The van der Waals surface area contributed by atoms with Gasteiger partial charge >= 0.3 is 0 Å². The molecular weight excluding hydrogens is 452 g/mol. The fourth-order valence-electron chi connectivity index (χ4n) is 3.90. The van der Waals surface area contributed by atoms with Gasteiger partial charge in [0.05, 0.1) is 30.4 Å². The number of ether oxygens (including phenoxy) is 5. The molecule has 10 nitrogen and oxygen atoms in total. The zero-order valence-corrected chi connectivity index (χ0v) is 18.7. The second-order valence-electron chi connectivity index (χ2n) is 7.89. The predicted molar refractivity (Wildman–Crippen MR) is 120 cm³/mol. The quantitative estimate of drug-likeness (QED) is 0.399. The second kappa shape index (κ2) is 9.70. The van der Waals surface area contributed by atoms with Crippen LogP contribution in [0.15, 0.2) is 30.3 Å². The standard InChI is InChI=1S/C22H25ClN4O6/c1-29-6-7-30-13-4-2-12(3-5-13)9-24-20-14(23)8-15-21(26-20)27-22(25-15)33-17-11-32-18-16(28)10-31-19(17)18/h2-5,8,16-19,28H,6-7,9-11H2,1H3,(H2,24,25,26,27)/t16-,17-,18?,19?/m1/s1. The summed E-state index contributed by atoms with van der Waals surface area (Å²) in [6.07, 6.45) is -1.68. The summed E-state index contributed by atoms with van der Waals surface area (Å²) < 4.78 is 27.7. The first kappa shape index (κ1) is 22.2. The Kier molecular flexibility index (Phi) is 6.52. The van der Waals surface area contributed by atoms with Crippen LogP contribution in [0.5, 0.6) is 11.8 Å². The molecule has 0 radical (unpaired) electrons. The Morgan fingerprint density at radius 1 is 1.15 bits per heavy atom. The first-order chi connectivity index (χ1) is 16.1. The van der Waals surface area contributed by atoms with E-state index in [1.165, 1.54) is 0 Å². The summed E-state index contributed by atoms with van der Waals surface area (Å²) in [5, 5.41) is 13.6. The number of aliphatic hydroxyl groups is 1. The van der Waals surface area contributed by atoms with Crippen molar-refractivity contribution in [3.63, 3.8) is 0 Å². The highest BCUT2D eigenvalue weighted by Crippen LogP contribution is 2.31. The number of nitrogens with one attached hydrogen (secondary N) is 2. The Morgan fingerprint density at radius 2 is 1.97 bits per heavy atom. The number of pyridine rings is 1. The van der Waals surface area contributed by atoms with Crippen molar-refractivity contribution in [2.75, 3.05) is 38.9 Å². The molecule has 2 aromatic heterocycles. The van der Waals surface area contributed by atoms with E-state index in [1.54, 1.807) is 13.2 Å². The number of aromatic nitrogens is 3. The lowest BCUT2D eigenvalue weighted by atomic mass is 10.1. The lowest BCUT2D eigenvalue weighted by Gasteiger charge is -2.15. The first-order valence-electron chi connectivity index (χ1n) is 10.7. The Balaban J connectivity index is 1.22. The molecule has 2 aliphatic rings. The molecule has 0 amide bonds. The summed E-state index contributed by atoms with van der Waals surface area (Å²) in [4.78, 5) is 12.0. The van der Waals surface area contributed by atoms with Gasteiger partial charge in [0.15, 0.2) is 11.8 Å². The van der Waals surface area contributed by atoms with E-state index < -0.39 is 6.10 Å². The molecule has 3 N–H and O–H groups in total. The van der Waals surface area contributed by atoms with Gasteiger partial charge in [0, 0.05) is 13.7 Å². The highest BCUT2D eigenvalue weighted by Gasteiger charge is 2.48. The van der Waals surface area contributed by atoms with Crippen molar-refractivity contribution in [1.82, 2.24) is 15.0 Å². The fourth-order valence-corrected chi connectivity index (χ4v) is 4.11. The third-order valence-electron chi connectivity index (χ3n) is 5.59. The van der Waals surface area contributed by atoms with Gasteiger partial charge in [-0.1, -0.05) is 23.7 Å². The number of anilines is 1. The number of halogens is 1. The van der Waals surface area contributed by atoms with Crippen LogP contribution in [-0.2, 0) is 20.8 Å². The van der Waals surface area contributed by atoms with Gasteiger partial charge in [0.2, 0.25) is 0 Å². The van der Waals surface area contributed by atoms with Crippen molar-refractivity contribution < 1.29 is 28.8 Å². The molecule has 4 atom stereocenters. The third kappa shape index (κ3) is 4.85. The highest BCUT2D eigenvalue weighted by atomic mass is 35.5. The monoisotopic (exact) mass is 476 g/mol. The minimum atomic E-state index is -0.632. The molecule has 33 heavy (non-hydrogen) atoms. The SMILES string of the molecule is COCCOc1ccc(CNc2nc3nc(O[C@@H]4COC5C4OC[C@H]5O)[nH]c3cc2Cl)cc1. The number of benzene rings is 1. The maximum atomic E-state index is 9.88. The van der Waals surface area contributed by atoms with Crippen LogP contribution in [0.2, 0.25) is 5.02 Å². The van der Waals surface area contributed by atoms with E-state index in [9.17, 15) is 5.11 Å². The molecule has 1 aromatic carbocycles. The zero-order chi connectivity index (χ0) is 22.8. The minimum Gasteiger partial charge on any atom is -0.491 e. The molecular formula is C22H25ClN4O6. The zero-order valence-electron chi connectivity index (χ0n) is 18.0. The molecule has 0 bridgehead atoms. The molecule has 2 saturated heterocycles. The first-order valence-corrected chi connectivity index (χ1v) is 11.1. The summed E-state index contributed by atoms with van der Waals surface area (Å²) in [6.45, 7) is 2.15. The predicted octanol–water partition coefficient (Wildman–Crippen LogP) is 2.15. The minimum absolute atomic E-state index is 0.241. The summed E-state index contributed by atoms with van der Waals surface area (Å²) in [5.74, 6) is 1.31. The molecule has 0 aliphatic carbocycles. The number of hydrogen-bond donors (Lipinski definition) is 3. The van der Waals surface area contributed by atoms with Crippen LogP contribution in [0.1, 0.15) is 5.56 Å². The van der Waals surface area contributed by atoms with E-state index in [-0.39, 0.29) is 24.9 Å². The highest BCUT2D eigenvalue weighted by molar-refractivity contribution is 6.33. The third-order valence-corrected chi connectivity index (χ3v) is 5.88. The van der Waals surface area contributed by atoms with E-state index in [4.69, 9.17) is 35.3 Å². The Labute approximate surface area is 195 Å². The molecule has 4 heterocycles. The molecule has 0 spiro atoms. The van der Waals surface area contributed by atoms with E-state index in [1.807, 2.05) is 24.3 Å². The number of aliphatic hydroxyl groups excluding tert-OH is 1. The number of hydrogen-bond acceptors (Lipinski definition) is 9. The van der Waals surface area contributed by atoms with Crippen molar-refractivity contribution in [1.29, 1.82) is 0 Å². The number of aromatic amines is 1. The molecule has 176 valence electrons.